The van der Waals surface area contributed by atoms with Crippen LogP contribution in [-0.2, 0) is 46.3 Å². The van der Waals surface area contributed by atoms with Crippen LogP contribution in [0.25, 0.3) is 0 Å². The first-order valence-corrected chi connectivity index (χ1v) is 20.4. The van der Waals surface area contributed by atoms with Crippen LogP contribution >= 0.6 is 0 Å². The SMILES string of the molecule is CNC[C@H](N)CO[C@@H]1O[C@H](COC(=O)CC(=O)O)[C@@H](OCCCO)[C@H](O)[C@H]1OOc1cc2c(cc1Cc1cccc(O)c1)OC[C@@H]1c3cc4c(c(CC(C)C)c3O[C@H]21)OCO4. The second-order valence-corrected chi connectivity index (χ2v) is 15.9. The highest BCUT2D eigenvalue weighted by Crippen LogP contribution is 2.57. The number of carboxylic acids is 1. The average Bonchev–Trinajstić information content (AvgIpc) is 3.85. The van der Waals surface area contributed by atoms with Gasteiger partial charge in [0.1, 0.15) is 54.7 Å². The second kappa shape index (κ2) is 19.9. The summed E-state index contributed by atoms with van der Waals surface area (Å²) in [5, 5.41) is 43.7. The first kappa shape index (κ1) is 44.1. The van der Waals surface area contributed by atoms with Gasteiger partial charge in [-0.3, -0.25) is 9.59 Å². The molecule has 0 bridgehead atoms. The number of carbonyl (C=O) groups excluding carboxylic acids is 1. The Kier molecular flexibility index (Phi) is 14.4. The summed E-state index contributed by atoms with van der Waals surface area (Å²) in [7, 11) is 1.73. The van der Waals surface area contributed by atoms with Gasteiger partial charge in [0.25, 0.3) is 0 Å². The number of fused-ring (bicyclic) bond motifs is 6. The van der Waals surface area contributed by atoms with Gasteiger partial charge < -0.3 is 74.3 Å². The van der Waals surface area contributed by atoms with E-state index in [1.165, 1.54) is 0 Å². The molecule has 7 N–H and O–H groups in total. The largest absolute Gasteiger partial charge is 0.508 e. The summed E-state index contributed by atoms with van der Waals surface area (Å²) in [4.78, 5) is 35.6. The van der Waals surface area contributed by atoms with E-state index in [0.29, 0.717) is 53.9 Å². The monoisotopic (exact) mass is 854 g/mol. The van der Waals surface area contributed by atoms with Crippen molar-refractivity contribution in [3.63, 3.8) is 0 Å². The number of carboxylic acid groups (broad SMARTS) is 1. The van der Waals surface area contributed by atoms with Crippen molar-refractivity contribution in [3.8, 4) is 34.5 Å². The highest BCUT2D eigenvalue weighted by molar-refractivity contribution is 5.90. The van der Waals surface area contributed by atoms with E-state index in [4.69, 9.17) is 58.5 Å². The second-order valence-electron chi connectivity index (χ2n) is 15.9. The summed E-state index contributed by atoms with van der Waals surface area (Å²) in [6, 6.07) is 11.8. The minimum atomic E-state index is -1.54. The molecule has 4 heterocycles. The number of aliphatic hydroxyl groups excluding tert-OH is 2. The summed E-state index contributed by atoms with van der Waals surface area (Å²) >= 11 is 0. The molecule has 0 amide bonds. The fraction of sp³-hybridized carbons (Fsp3) is 0.535. The minimum Gasteiger partial charge on any atom is -0.508 e. The zero-order valence-electron chi connectivity index (χ0n) is 34.3. The Bertz CT molecular complexity index is 2010. The lowest BCUT2D eigenvalue weighted by molar-refractivity contribution is -0.376. The van der Waals surface area contributed by atoms with E-state index >= 15 is 0 Å². The third-order valence-electron chi connectivity index (χ3n) is 10.7. The van der Waals surface area contributed by atoms with Crippen molar-refractivity contribution < 1.29 is 77.7 Å². The van der Waals surface area contributed by atoms with Gasteiger partial charge in [-0.25, -0.2) is 0 Å². The number of nitrogens with one attached hydrogen (secondary N) is 1. The number of likely N-dealkylation sites (N-methyl/N-ethyl adjacent to an activating group) is 1. The fourth-order valence-corrected chi connectivity index (χ4v) is 7.95. The van der Waals surface area contributed by atoms with Gasteiger partial charge in [0, 0.05) is 54.5 Å². The number of hydrogen-bond donors (Lipinski definition) is 6. The molecule has 4 aliphatic heterocycles. The molecule has 4 aliphatic rings. The quantitative estimate of drug-likeness (QED) is 0.0314. The molecule has 7 rings (SSSR count). The number of ether oxygens (including phenoxy) is 8. The molecule has 0 aliphatic carbocycles. The first-order chi connectivity index (χ1) is 29.4. The molecular formula is C43H54N2O16. The van der Waals surface area contributed by atoms with Crippen LogP contribution in [0.3, 0.4) is 0 Å². The zero-order valence-corrected chi connectivity index (χ0v) is 34.3. The van der Waals surface area contributed by atoms with Crippen LogP contribution in [0.15, 0.2) is 42.5 Å². The van der Waals surface area contributed by atoms with Crippen molar-refractivity contribution in [3.05, 3.63) is 70.3 Å². The third kappa shape index (κ3) is 10.2. The lowest BCUT2D eigenvalue weighted by Crippen LogP contribution is -2.62. The number of esters is 1. The van der Waals surface area contributed by atoms with Crippen molar-refractivity contribution in [2.24, 2.45) is 11.7 Å². The number of nitrogens with two attached hydrogens (primary N) is 1. The first-order valence-electron chi connectivity index (χ1n) is 20.4. The fourth-order valence-electron chi connectivity index (χ4n) is 7.95. The number of benzene rings is 3. The van der Waals surface area contributed by atoms with E-state index in [1.807, 2.05) is 18.2 Å². The number of rotatable bonds is 20. The normalized spacial score (nSPS) is 24.0. The Hall–Kier alpha value is -4.92. The van der Waals surface area contributed by atoms with Crippen molar-refractivity contribution in [2.45, 2.75) is 88.3 Å². The number of aromatic hydroxyl groups is 1. The maximum Gasteiger partial charge on any atom is 0.317 e. The maximum atomic E-state index is 12.2. The molecule has 0 radical (unpaired) electrons. The van der Waals surface area contributed by atoms with Crippen molar-refractivity contribution >= 4 is 11.9 Å². The lowest BCUT2D eigenvalue weighted by Gasteiger charge is -2.43. The van der Waals surface area contributed by atoms with Crippen LogP contribution < -0.4 is 34.9 Å². The molecule has 0 spiro atoms. The molecule has 332 valence electrons. The van der Waals surface area contributed by atoms with Gasteiger partial charge >= 0.3 is 11.9 Å². The zero-order chi connectivity index (χ0) is 43.2. The lowest BCUT2D eigenvalue weighted by atomic mass is 9.86. The number of aliphatic hydroxyl groups is 2. The summed E-state index contributed by atoms with van der Waals surface area (Å²) in [5.41, 5.74) is 10.2. The van der Waals surface area contributed by atoms with E-state index in [2.05, 4.69) is 19.2 Å². The van der Waals surface area contributed by atoms with Gasteiger partial charge in [-0.15, -0.1) is 0 Å². The topological polar surface area (TPSA) is 245 Å². The number of phenolic OH excluding ortho intramolecular Hbond substituents is 1. The minimum absolute atomic E-state index is 0.0166. The van der Waals surface area contributed by atoms with E-state index in [-0.39, 0.29) is 56.9 Å². The maximum absolute atomic E-state index is 12.2. The Labute approximate surface area is 352 Å². The van der Waals surface area contributed by atoms with Crippen LogP contribution in [0.5, 0.6) is 34.5 Å². The van der Waals surface area contributed by atoms with E-state index in [0.717, 1.165) is 22.4 Å². The molecule has 18 heteroatoms. The number of phenols is 1. The van der Waals surface area contributed by atoms with E-state index in [9.17, 15) is 24.9 Å². The van der Waals surface area contributed by atoms with Crippen LogP contribution in [0.1, 0.15) is 66.5 Å². The Balaban J connectivity index is 1.21. The van der Waals surface area contributed by atoms with Crippen LogP contribution in [0.2, 0.25) is 0 Å². The standard InChI is InChI=1S/C43H54N2O16/c1-22(2)10-29-38-27(14-33-40(29)57-21-56-33)30-19-53-32-13-24(11-23-6-4-7-26(47)12-23)31(15-28(32)39(30)59-38)60-61-42-37(51)41(52-9-5-8-46)34(20-54-36(50)16-35(48)49)58-43(42)55-18-25(44)17-45-3/h4,6-7,12-15,22,25,30,34,37,39,41-43,45-47,51H,5,8-11,16-21,44H2,1-3H3,(H,48,49)/t25-,30+,34+,37-,39+,41+,42+,43+/m0/s1. The molecule has 0 unspecified atom stereocenters. The highest BCUT2D eigenvalue weighted by Gasteiger charge is 2.50. The Morgan fingerprint density at radius 3 is 2.61 bits per heavy atom. The van der Waals surface area contributed by atoms with Gasteiger partial charge in [0.05, 0.1) is 19.1 Å². The molecule has 3 aromatic rings. The molecule has 8 atom stereocenters. The number of hydrogen-bond acceptors (Lipinski definition) is 17. The highest BCUT2D eigenvalue weighted by atomic mass is 17.2. The van der Waals surface area contributed by atoms with Crippen molar-refractivity contribution in [2.75, 3.05) is 53.4 Å². The van der Waals surface area contributed by atoms with Gasteiger partial charge in [-0.05, 0) is 61.7 Å². The summed E-state index contributed by atoms with van der Waals surface area (Å²) in [6.45, 7) is 4.32. The summed E-state index contributed by atoms with van der Waals surface area (Å²) in [6.07, 6.45) is -6.85. The molecule has 1 fully saturated rings. The predicted molar refractivity (Wildman–Crippen MR) is 213 cm³/mol. The van der Waals surface area contributed by atoms with Crippen molar-refractivity contribution in [1.82, 2.24) is 5.32 Å². The molecule has 0 aromatic heterocycles. The Morgan fingerprint density at radius 2 is 1.85 bits per heavy atom. The van der Waals surface area contributed by atoms with E-state index < -0.39 is 67.8 Å². The van der Waals surface area contributed by atoms with Gasteiger partial charge in [-0.1, -0.05) is 26.0 Å². The molecular weight excluding hydrogens is 800 g/mol. The Morgan fingerprint density at radius 1 is 1.02 bits per heavy atom. The number of carbonyl (C=O) groups is 2. The van der Waals surface area contributed by atoms with Crippen LogP contribution in [0, 0.1) is 5.92 Å². The molecule has 3 aromatic carbocycles. The molecule has 0 saturated carbocycles. The molecule has 61 heavy (non-hydrogen) atoms. The van der Waals surface area contributed by atoms with Crippen LogP contribution in [0.4, 0.5) is 0 Å². The van der Waals surface area contributed by atoms with Crippen molar-refractivity contribution in [1.29, 1.82) is 0 Å². The molecule has 18 nitrogen and oxygen atoms in total. The number of aliphatic carboxylic acids is 1. The van der Waals surface area contributed by atoms with E-state index in [1.54, 1.807) is 31.3 Å². The summed E-state index contributed by atoms with van der Waals surface area (Å²) in [5.74, 6) is 0.683. The predicted octanol–water partition coefficient (Wildman–Crippen LogP) is 2.63. The smallest absolute Gasteiger partial charge is 0.317 e. The third-order valence-corrected chi connectivity index (χ3v) is 10.7. The van der Waals surface area contributed by atoms with Gasteiger partial charge in [-0.2, -0.15) is 4.89 Å². The van der Waals surface area contributed by atoms with Gasteiger partial charge in [0.2, 0.25) is 6.79 Å². The molecule has 1 saturated heterocycles. The summed E-state index contributed by atoms with van der Waals surface area (Å²) < 4.78 is 48.4. The average molecular weight is 855 g/mol. The van der Waals surface area contributed by atoms with Crippen LogP contribution in [-0.4, -0.2) is 123 Å². The van der Waals surface area contributed by atoms with Gasteiger partial charge in [0.15, 0.2) is 29.6 Å².